The number of benzene rings is 4. The average Bonchev–Trinajstić information content (AvgIpc) is 2.97. The normalized spacial score (nSPS) is 14.6. The maximum Gasteiger partial charge on any atom is 0.319 e. The average molecular weight is 548 g/mol. The van der Waals surface area contributed by atoms with Gasteiger partial charge in [0.2, 0.25) is 0 Å². The first-order valence-electron chi connectivity index (χ1n) is 13.5. The molecule has 41 heavy (non-hydrogen) atoms. The molecule has 0 unspecified atom stereocenters. The molecule has 1 aliphatic heterocycles. The van der Waals surface area contributed by atoms with Gasteiger partial charge >= 0.3 is 6.03 Å². The number of amides is 3. The lowest BCUT2D eigenvalue weighted by molar-refractivity contribution is -0.113. The van der Waals surface area contributed by atoms with E-state index in [2.05, 4.69) is 16.0 Å². The topological polar surface area (TPSA) is 88.7 Å². The van der Waals surface area contributed by atoms with Crippen LogP contribution in [-0.4, -0.2) is 11.9 Å². The van der Waals surface area contributed by atoms with Crippen molar-refractivity contribution in [3.05, 3.63) is 136 Å². The first kappa shape index (κ1) is 27.5. The second-order valence-corrected chi connectivity index (χ2v) is 10.1. The fourth-order valence-electron chi connectivity index (χ4n) is 4.80. The molecule has 1 aliphatic rings. The minimum atomic E-state index is -0.697. The summed E-state index contributed by atoms with van der Waals surface area (Å²) in [5.74, 6) is 0.778. The first-order chi connectivity index (χ1) is 19.9. The van der Waals surface area contributed by atoms with Crippen molar-refractivity contribution in [3.8, 4) is 11.5 Å². The minimum absolute atomic E-state index is 0.303. The molecular formula is C34H33N3O4. The number of carbonyl (C=O) groups is 2. The summed E-state index contributed by atoms with van der Waals surface area (Å²) >= 11 is 0. The van der Waals surface area contributed by atoms with Gasteiger partial charge in [-0.3, -0.25) is 4.79 Å². The molecule has 0 radical (unpaired) electrons. The molecule has 0 bridgehead atoms. The monoisotopic (exact) mass is 547 g/mol. The summed E-state index contributed by atoms with van der Waals surface area (Å²) in [7, 11) is 0. The highest BCUT2D eigenvalue weighted by atomic mass is 16.5. The summed E-state index contributed by atoms with van der Waals surface area (Å²) < 4.78 is 12.4. The van der Waals surface area contributed by atoms with Crippen molar-refractivity contribution in [2.75, 3.05) is 5.32 Å². The molecule has 0 spiro atoms. The summed E-state index contributed by atoms with van der Waals surface area (Å²) in [5.41, 5.74) is 6.41. The zero-order valence-electron chi connectivity index (χ0n) is 23.4. The molecule has 4 aromatic rings. The molecule has 3 amide bonds. The predicted molar refractivity (Wildman–Crippen MR) is 160 cm³/mol. The van der Waals surface area contributed by atoms with Gasteiger partial charge < -0.3 is 25.4 Å². The fraction of sp³-hybridized carbons (Fsp3) is 0.176. The largest absolute Gasteiger partial charge is 0.485 e. The van der Waals surface area contributed by atoms with Crippen LogP contribution in [0.15, 0.2) is 108 Å². The number of hydrogen-bond acceptors (Lipinski definition) is 4. The van der Waals surface area contributed by atoms with E-state index in [4.69, 9.17) is 9.47 Å². The van der Waals surface area contributed by atoms with Crippen LogP contribution in [0.3, 0.4) is 0 Å². The smallest absolute Gasteiger partial charge is 0.319 e. The minimum Gasteiger partial charge on any atom is -0.485 e. The summed E-state index contributed by atoms with van der Waals surface area (Å²) in [6.45, 7) is 6.39. The van der Waals surface area contributed by atoms with Gasteiger partial charge in [-0.25, -0.2) is 4.79 Å². The molecule has 5 rings (SSSR count). The molecule has 7 nitrogen and oxygen atoms in total. The lowest BCUT2D eigenvalue weighted by atomic mass is 9.94. The summed E-state index contributed by atoms with van der Waals surface area (Å²) in [5, 5.41) is 8.68. The molecule has 7 heteroatoms. The molecule has 1 atom stereocenters. The third-order valence-corrected chi connectivity index (χ3v) is 6.92. The summed E-state index contributed by atoms with van der Waals surface area (Å²) in [6, 6.07) is 30.0. The van der Waals surface area contributed by atoms with Gasteiger partial charge in [-0.1, -0.05) is 84.4 Å². The molecule has 1 heterocycles. The fourth-order valence-corrected chi connectivity index (χ4v) is 4.80. The van der Waals surface area contributed by atoms with E-state index < -0.39 is 6.04 Å². The van der Waals surface area contributed by atoms with Crippen LogP contribution in [-0.2, 0) is 18.0 Å². The maximum absolute atomic E-state index is 13.6. The SMILES string of the molecule is CC1=C(C(=O)Nc2ccc(C)cc2C)[C@H](c2ccc(OCc3ccccc3)c(OCc3ccccc3)c2)NC(=O)N1. The molecule has 4 aromatic carbocycles. The standard InChI is InChI=1S/C34H33N3O4/c1-22-14-16-28(23(2)18-22)36-33(38)31-24(3)35-34(39)37-32(31)27-15-17-29(40-20-25-10-6-4-7-11-25)30(19-27)41-21-26-12-8-5-9-13-26/h4-19,32H,20-21H2,1-3H3,(H,36,38)(H2,35,37,39)/t32-/m0/s1. The predicted octanol–water partition coefficient (Wildman–Crippen LogP) is 6.73. The van der Waals surface area contributed by atoms with Crippen molar-refractivity contribution >= 4 is 17.6 Å². The van der Waals surface area contributed by atoms with Gasteiger partial charge in [0.25, 0.3) is 5.91 Å². The van der Waals surface area contributed by atoms with Gasteiger partial charge in [-0.15, -0.1) is 0 Å². The van der Waals surface area contributed by atoms with E-state index in [1.165, 1.54) is 0 Å². The molecular weight excluding hydrogens is 514 g/mol. The quantitative estimate of drug-likeness (QED) is 0.217. The summed E-state index contributed by atoms with van der Waals surface area (Å²) in [4.78, 5) is 26.2. The zero-order valence-corrected chi connectivity index (χ0v) is 23.4. The van der Waals surface area contributed by atoms with Gasteiger partial charge in [-0.2, -0.15) is 0 Å². The number of nitrogens with one attached hydrogen (secondary N) is 3. The van der Waals surface area contributed by atoms with E-state index in [9.17, 15) is 9.59 Å². The van der Waals surface area contributed by atoms with Gasteiger partial charge in [-0.05, 0) is 61.2 Å². The Morgan fingerprint density at radius 1 is 0.780 bits per heavy atom. The highest BCUT2D eigenvalue weighted by Crippen LogP contribution is 2.36. The van der Waals surface area contributed by atoms with Crippen LogP contribution in [0.4, 0.5) is 10.5 Å². The summed E-state index contributed by atoms with van der Waals surface area (Å²) in [6.07, 6.45) is 0. The number of hydrogen-bond donors (Lipinski definition) is 3. The van der Waals surface area contributed by atoms with Gasteiger partial charge in [0, 0.05) is 11.4 Å². The highest BCUT2D eigenvalue weighted by Gasteiger charge is 2.32. The Morgan fingerprint density at radius 3 is 2.05 bits per heavy atom. The van der Waals surface area contributed by atoms with Gasteiger partial charge in [0.15, 0.2) is 11.5 Å². The highest BCUT2D eigenvalue weighted by molar-refractivity contribution is 6.07. The Balaban J connectivity index is 1.45. The Kier molecular flexibility index (Phi) is 8.34. The van der Waals surface area contributed by atoms with Crippen LogP contribution in [0.25, 0.3) is 0 Å². The van der Waals surface area contributed by atoms with E-state index in [0.29, 0.717) is 47.2 Å². The lowest BCUT2D eigenvalue weighted by Gasteiger charge is -2.29. The van der Waals surface area contributed by atoms with Crippen LogP contribution in [0, 0.1) is 13.8 Å². The molecule has 0 aliphatic carbocycles. The van der Waals surface area contributed by atoms with E-state index >= 15 is 0 Å². The number of carbonyl (C=O) groups excluding carboxylic acids is 2. The first-order valence-corrected chi connectivity index (χ1v) is 13.5. The Hall–Kier alpha value is -5.04. The number of aryl methyl sites for hydroxylation is 2. The van der Waals surface area contributed by atoms with Crippen LogP contribution >= 0.6 is 0 Å². The van der Waals surface area contributed by atoms with Gasteiger partial charge in [0.05, 0.1) is 11.6 Å². The van der Waals surface area contributed by atoms with E-state index in [1.54, 1.807) is 6.92 Å². The molecule has 0 fully saturated rings. The van der Waals surface area contributed by atoms with Crippen LogP contribution in [0.1, 0.15) is 40.8 Å². The van der Waals surface area contributed by atoms with Crippen molar-refractivity contribution in [1.29, 1.82) is 0 Å². The second-order valence-electron chi connectivity index (χ2n) is 10.1. The molecule has 0 saturated carbocycles. The van der Waals surface area contributed by atoms with Crippen molar-refractivity contribution in [1.82, 2.24) is 10.6 Å². The van der Waals surface area contributed by atoms with Crippen molar-refractivity contribution in [3.63, 3.8) is 0 Å². The Bertz CT molecular complexity index is 1580. The Labute approximate surface area is 240 Å². The number of ether oxygens (including phenoxy) is 2. The third kappa shape index (κ3) is 6.76. The lowest BCUT2D eigenvalue weighted by Crippen LogP contribution is -2.46. The second kappa shape index (κ2) is 12.4. The molecule has 3 N–H and O–H groups in total. The van der Waals surface area contributed by atoms with Crippen LogP contribution in [0.5, 0.6) is 11.5 Å². The van der Waals surface area contributed by atoms with E-state index in [-0.39, 0.29) is 11.9 Å². The van der Waals surface area contributed by atoms with Crippen molar-refractivity contribution < 1.29 is 19.1 Å². The molecule has 0 aromatic heterocycles. The van der Waals surface area contributed by atoms with Crippen molar-refractivity contribution in [2.45, 2.75) is 40.0 Å². The third-order valence-electron chi connectivity index (χ3n) is 6.92. The van der Waals surface area contributed by atoms with Crippen LogP contribution < -0.4 is 25.4 Å². The number of rotatable bonds is 9. The maximum atomic E-state index is 13.6. The molecule has 208 valence electrons. The van der Waals surface area contributed by atoms with Crippen LogP contribution in [0.2, 0.25) is 0 Å². The number of urea groups is 1. The van der Waals surface area contributed by atoms with Gasteiger partial charge in [0.1, 0.15) is 13.2 Å². The Morgan fingerprint density at radius 2 is 1.41 bits per heavy atom. The molecule has 0 saturated heterocycles. The number of allylic oxidation sites excluding steroid dienone is 1. The van der Waals surface area contributed by atoms with E-state index in [1.807, 2.05) is 111 Å². The number of anilines is 1. The zero-order chi connectivity index (χ0) is 28.8. The van der Waals surface area contributed by atoms with E-state index in [0.717, 1.165) is 22.3 Å². The van der Waals surface area contributed by atoms with Crippen molar-refractivity contribution in [2.24, 2.45) is 0 Å².